The van der Waals surface area contributed by atoms with Crippen LogP contribution < -0.4 is 0 Å². The summed E-state index contributed by atoms with van der Waals surface area (Å²) in [5.74, 6) is -2.04. The van der Waals surface area contributed by atoms with Crippen molar-refractivity contribution in [1.29, 1.82) is 5.26 Å². The number of carbonyl (C=O) groups is 1. The molecule has 2 aromatic carbocycles. The van der Waals surface area contributed by atoms with Crippen LogP contribution in [0.15, 0.2) is 30.3 Å². The maximum Gasteiger partial charge on any atom is 0.227 e. The Hall–Kier alpha value is -2.53. The van der Waals surface area contributed by atoms with Crippen molar-refractivity contribution < 1.29 is 18.3 Å². The van der Waals surface area contributed by atoms with Crippen molar-refractivity contribution in [2.75, 3.05) is 26.2 Å². The highest BCUT2D eigenvalue weighted by Gasteiger charge is 2.53. The molecule has 5 rings (SSSR count). The molecule has 3 aliphatic heterocycles. The summed E-state index contributed by atoms with van der Waals surface area (Å²) >= 11 is 6.56. The van der Waals surface area contributed by atoms with E-state index in [1.54, 1.807) is 0 Å². The zero-order valence-electron chi connectivity index (χ0n) is 24.2. The lowest BCUT2D eigenvalue weighted by Crippen LogP contribution is -2.48. The Morgan fingerprint density at radius 1 is 1.07 bits per heavy atom. The monoisotopic (exact) mass is 569 g/mol. The van der Waals surface area contributed by atoms with Gasteiger partial charge < -0.3 is 9.64 Å². The van der Waals surface area contributed by atoms with Crippen molar-refractivity contribution in [2.45, 2.75) is 77.5 Å². The van der Waals surface area contributed by atoms with Crippen LogP contribution in [0.3, 0.4) is 0 Å². The first-order chi connectivity index (χ1) is 18.7. The second-order valence-corrected chi connectivity index (χ2v) is 13.7. The van der Waals surface area contributed by atoms with E-state index in [0.29, 0.717) is 49.6 Å². The number of nitriles is 1. The van der Waals surface area contributed by atoms with Crippen molar-refractivity contribution in [3.8, 4) is 6.07 Å². The third kappa shape index (κ3) is 4.93. The Morgan fingerprint density at radius 2 is 1.75 bits per heavy atom. The van der Waals surface area contributed by atoms with Crippen molar-refractivity contribution in [2.24, 2.45) is 11.3 Å². The SMILES string of the molecule is Cc1cc2c(cc1Cl)C1(CCN(C(=O)[C@@H]3CN(C(C)(C)C)C[C@H]3c3ccc(F)cc3F)CC1)O[C@@H]2C(C)(C)C#N. The highest BCUT2D eigenvalue weighted by atomic mass is 35.5. The van der Waals surface area contributed by atoms with E-state index in [1.165, 1.54) is 12.1 Å². The van der Waals surface area contributed by atoms with Gasteiger partial charge in [-0.2, -0.15) is 5.26 Å². The molecule has 1 spiro atoms. The van der Waals surface area contributed by atoms with Gasteiger partial charge in [-0.3, -0.25) is 9.69 Å². The molecule has 2 aromatic rings. The second-order valence-electron chi connectivity index (χ2n) is 13.3. The predicted molar refractivity (Wildman–Crippen MR) is 151 cm³/mol. The molecule has 0 radical (unpaired) electrons. The van der Waals surface area contributed by atoms with E-state index in [0.717, 1.165) is 22.8 Å². The lowest BCUT2D eigenvalue weighted by molar-refractivity contribution is -0.152. The molecule has 1 amide bonds. The molecular weight excluding hydrogens is 532 g/mol. The fourth-order valence-electron chi connectivity index (χ4n) is 6.69. The summed E-state index contributed by atoms with van der Waals surface area (Å²) in [7, 11) is 0. The Kier molecular flexibility index (Phi) is 7.30. The number of rotatable bonds is 3. The van der Waals surface area contributed by atoms with Crippen LogP contribution in [0.5, 0.6) is 0 Å². The summed E-state index contributed by atoms with van der Waals surface area (Å²) in [4.78, 5) is 18.1. The van der Waals surface area contributed by atoms with Gasteiger partial charge in [-0.05, 0) is 88.8 Å². The number of halogens is 3. The Morgan fingerprint density at radius 3 is 2.35 bits per heavy atom. The van der Waals surface area contributed by atoms with Gasteiger partial charge in [-0.15, -0.1) is 0 Å². The second kappa shape index (κ2) is 10.1. The average molecular weight is 570 g/mol. The largest absolute Gasteiger partial charge is 0.361 e. The summed E-state index contributed by atoms with van der Waals surface area (Å²) < 4.78 is 35.4. The molecule has 3 atom stereocenters. The molecular formula is C32H38ClF2N3O2. The molecule has 0 unspecified atom stereocenters. The van der Waals surface area contributed by atoms with Crippen LogP contribution in [-0.4, -0.2) is 47.4 Å². The van der Waals surface area contributed by atoms with E-state index in [9.17, 15) is 18.8 Å². The maximum absolute atomic E-state index is 14.9. The van der Waals surface area contributed by atoms with Gasteiger partial charge in [0.25, 0.3) is 0 Å². The van der Waals surface area contributed by atoms with Crippen LogP contribution in [0.1, 0.15) is 81.7 Å². The number of hydrogen-bond donors (Lipinski definition) is 0. The highest BCUT2D eigenvalue weighted by molar-refractivity contribution is 6.31. The average Bonchev–Trinajstić information content (AvgIpc) is 3.46. The van der Waals surface area contributed by atoms with Gasteiger partial charge in [-0.1, -0.05) is 23.7 Å². The predicted octanol–water partition coefficient (Wildman–Crippen LogP) is 6.88. The van der Waals surface area contributed by atoms with Crippen molar-refractivity contribution in [3.05, 3.63) is 69.2 Å². The number of fused-ring (bicyclic) bond motifs is 2. The van der Waals surface area contributed by atoms with Crippen molar-refractivity contribution >= 4 is 17.5 Å². The van der Waals surface area contributed by atoms with Gasteiger partial charge in [0.05, 0.1) is 23.0 Å². The number of hydrogen-bond acceptors (Lipinski definition) is 4. The van der Waals surface area contributed by atoms with E-state index < -0.39 is 34.7 Å². The van der Waals surface area contributed by atoms with Crippen LogP contribution >= 0.6 is 11.6 Å². The zero-order chi connectivity index (χ0) is 29.2. The van der Waals surface area contributed by atoms with E-state index in [-0.39, 0.29) is 17.4 Å². The topological polar surface area (TPSA) is 56.6 Å². The minimum Gasteiger partial charge on any atom is -0.361 e. The number of amides is 1. The first-order valence-electron chi connectivity index (χ1n) is 14.1. The van der Waals surface area contributed by atoms with Gasteiger partial charge in [0.1, 0.15) is 17.7 Å². The number of ether oxygens (including phenoxy) is 1. The number of benzene rings is 2. The number of aryl methyl sites for hydroxylation is 1. The van der Waals surface area contributed by atoms with Crippen LogP contribution in [-0.2, 0) is 15.1 Å². The molecule has 2 saturated heterocycles. The smallest absolute Gasteiger partial charge is 0.227 e. The number of likely N-dealkylation sites (tertiary alicyclic amines) is 2. The summed E-state index contributed by atoms with van der Waals surface area (Å²) in [5, 5.41) is 10.6. The Bertz CT molecular complexity index is 1370. The Labute approximate surface area is 241 Å². The van der Waals surface area contributed by atoms with Crippen LogP contribution in [0.4, 0.5) is 8.78 Å². The van der Waals surface area contributed by atoms with Gasteiger partial charge in [0.2, 0.25) is 5.91 Å². The van der Waals surface area contributed by atoms with Crippen LogP contribution in [0.2, 0.25) is 5.02 Å². The lowest BCUT2D eigenvalue weighted by atomic mass is 9.79. The molecule has 2 fully saturated rings. The minimum atomic E-state index is -0.738. The van der Waals surface area contributed by atoms with Gasteiger partial charge in [-0.25, -0.2) is 8.78 Å². The molecule has 0 aromatic heterocycles. The fourth-order valence-corrected chi connectivity index (χ4v) is 6.86. The molecule has 0 bridgehead atoms. The zero-order valence-corrected chi connectivity index (χ0v) is 24.9. The summed E-state index contributed by atoms with van der Waals surface area (Å²) in [6.45, 7) is 14.0. The number of piperidine rings is 1. The third-order valence-electron chi connectivity index (χ3n) is 9.22. The van der Waals surface area contributed by atoms with Gasteiger partial charge >= 0.3 is 0 Å². The highest BCUT2D eigenvalue weighted by Crippen LogP contribution is 2.55. The van der Waals surface area contributed by atoms with E-state index >= 15 is 0 Å². The minimum absolute atomic E-state index is 0.00983. The van der Waals surface area contributed by atoms with Crippen LogP contribution in [0, 0.1) is 41.2 Å². The van der Waals surface area contributed by atoms with Gasteiger partial charge in [0.15, 0.2) is 0 Å². The fraction of sp³-hybridized carbons (Fsp3) is 0.562. The molecule has 8 heteroatoms. The number of nitrogens with zero attached hydrogens (tertiary/aromatic N) is 3. The molecule has 3 heterocycles. The number of carbonyl (C=O) groups excluding carboxylic acids is 1. The van der Waals surface area contributed by atoms with Gasteiger partial charge in [0, 0.05) is 48.7 Å². The molecule has 0 saturated carbocycles. The van der Waals surface area contributed by atoms with E-state index in [2.05, 4.69) is 31.7 Å². The molecule has 0 aliphatic carbocycles. The summed E-state index contributed by atoms with van der Waals surface area (Å²) in [6.07, 6.45) is 0.759. The molecule has 0 N–H and O–H groups in total. The Balaban J connectivity index is 1.41. The van der Waals surface area contributed by atoms with E-state index in [4.69, 9.17) is 16.3 Å². The lowest BCUT2D eigenvalue weighted by Gasteiger charge is -2.41. The normalized spacial score (nSPS) is 24.8. The van der Waals surface area contributed by atoms with Crippen molar-refractivity contribution in [1.82, 2.24) is 9.80 Å². The van der Waals surface area contributed by atoms with Crippen LogP contribution in [0.25, 0.3) is 0 Å². The quantitative estimate of drug-likeness (QED) is 0.404. The first kappa shape index (κ1) is 29.0. The molecule has 40 heavy (non-hydrogen) atoms. The standard InChI is InChI=1S/C32H38ClF2N3O2/c1-19-13-22-25(15-26(19)33)32(40-28(22)31(5,6)18-36)9-11-37(12-10-32)29(39)24-17-38(30(2,3)4)16-23(24)21-8-7-20(34)14-27(21)35/h7-8,13-15,23-24,28H,9-12,16-17H2,1-6H3/t23-,24+,28-/m0/s1. The third-order valence-corrected chi connectivity index (χ3v) is 9.63. The molecule has 5 nitrogen and oxygen atoms in total. The molecule has 3 aliphatic rings. The summed E-state index contributed by atoms with van der Waals surface area (Å²) in [5.41, 5.74) is 1.77. The van der Waals surface area contributed by atoms with Crippen molar-refractivity contribution in [3.63, 3.8) is 0 Å². The summed E-state index contributed by atoms with van der Waals surface area (Å²) in [6, 6.07) is 10.1. The molecule has 214 valence electrons. The first-order valence-corrected chi connectivity index (χ1v) is 14.4. The van der Waals surface area contributed by atoms with E-state index in [1.807, 2.05) is 37.8 Å². The maximum atomic E-state index is 14.9.